The Hall–Kier alpha value is -1.75. The van der Waals surface area contributed by atoms with E-state index in [4.69, 9.17) is 21.4 Å². The summed E-state index contributed by atoms with van der Waals surface area (Å²) in [6, 6.07) is 4.55. The minimum absolute atomic E-state index is 0.262. The third-order valence-corrected chi connectivity index (χ3v) is 2.12. The van der Waals surface area contributed by atoms with Crippen molar-refractivity contribution in [3.05, 3.63) is 28.8 Å². The normalized spacial score (nSPS) is 9.76. The van der Waals surface area contributed by atoms with Crippen molar-refractivity contribution >= 4 is 23.5 Å². The SMILES string of the molecule is CCOc1cc(Cl)ccc1C(=O)NCC(=O)O. The number of carbonyl (C=O) groups is 2. The summed E-state index contributed by atoms with van der Waals surface area (Å²) in [5, 5.41) is 11.2. The van der Waals surface area contributed by atoms with E-state index in [0.29, 0.717) is 17.4 Å². The molecule has 1 rings (SSSR count). The van der Waals surface area contributed by atoms with Crippen LogP contribution in [0, 0.1) is 0 Å². The number of carboxylic acids is 1. The monoisotopic (exact) mass is 257 g/mol. The number of carbonyl (C=O) groups excluding carboxylic acids is 1. The Balaban J connectivity index is 2.87. The smallest absolute Gasteiger partial charge is 0.322 e. The Morgan fingerprint density at radius 3 is 2.76 bits per heavy atom. The van der Waals surface area contributed by atoms with Gasteiger partial charge in [0.25, 0.3) is 5.91 Å². The Morgan fingerprint density at radius 1 is 1.47 bits per heavy atom. The van der Waals surface area contributed by atoms with Gasteiger partial charge in [-0.25, -0.2) is 0 Å². The van der Waals surface area contributed by atoms with Crippen molar-refractivity contribution in [2.24, 2.45) is 0 Å². The van der Waals surface area contributed by atoms with Gasteiger partial charge in [-0.05, 0) is 25.1 Å². The number of nitrogens with one attached hydrogen (secondary N) is 1. The van der Waals surface area contributed by atoms with Crippen LogP contribution in [-0.4, -0.2) is 30.1 Å². The van der Waals surface area contributed by atoms with Gasteiger partial charge in [0.05, 0.1) is 12.2 Å². The quantitative estimate of drug-likeness (QED) is 0.839. The summed E-state index contributed by atoms with van der Waals surface area (Å²) >= 11 is 5.78. The number of carboxylic acid groups (broad SMARTS) is 1. The van der Waals surface area contributed by atoms with E-state index in [9.17, 15) is 9.59 Å². The molecule has 0 aliphatic carbocycles. The second-order valence-electron chi connectivity index (χ2n) is 3.15. The van der Waals surface area contributed by atoms with Crippen LogP contribution >= 0.6 is 11.6 Å². The second kappa shape index (κ2) is 6.10. The van der Waals surface area contributed by atoms with Crippen molar-refractivity contribution in [3.63, 3.8) is 0 Å². The molecular formula is C11H12ClNO4. The van der Waals surface area contributed by atoms with Gasteiger partial charge in [-0.2, -0.15) is 0 Å². The van der Waals surface area contributed by atoms with E-state index in [1.165, 1.54) is 12.1 Å². The zero-order valence-corrected chi connectivity index (χ0v) is 9.95. The van der Waals surface area contributed by atoms with Crippen LogP contribution < -0.4 is 10.1 Å². The van der Waals surface area contributed by atoms with Crippen LogP contribution in [0.15, 0.2) is 18.2 Å². The van der Waals surface area contributed by atoms with E-state index >= 15 is 0 Å². The van der Waals surface area contributed by atoms with Crippen LogP contribution in [0.2, 0.25) is 5.02 Å². The maximum absolute atomic E-state index is 11.7. The van der Waals surface area contributed by atoms with Gasteiger partial charge in [0.15, 0.2) is 0 Å². The topological polar surface area (TPSA) is 75.6 Å². The lowest BCUT2D eigenvalue weighted by molar-refractivity contribution is -0.135. The maximum atomic E-state index is 11.7. The van der Waals surface area contributed by atoms with E-state index < -0.39 is 18.4 Å². The van der Waals surface area contributed by atoms with Gasteiger partial charge in [0.2, 0.25) is 0 Å². The van der Waals surface area contributed by atoms with Crippen LogP contribution in [0.5, 0.6) is 5.75 Å². The fraction of sp³-hybridized carbons (Fsp3) is 0.273. The Kier molecular flexibility index (Phi) is 4.78. The number of ether oxygens (including phenoxy) is 1. The minimum atomic E-state index is -1.11. The van der Waals surface area contributed by atoms with Crippen LogP contribution in [-0.2, 0) is 4.79 Å². The standard InChI is InChI=1S/C11H12ClNO4/c1-2-17-9-5-7(12)3-4-8(9)11(16)13-6-10(14)15/h3-5H,2,6H2,1H3,(H,13,16)(H,14,15). The molecule has 0 aromatic heterocycles. The lowest BCUT2D eigenvalue weighted by Gasteiger charge is -2.10. The van der Waals surface area contributed by atoms with Crippen molar-refractivity contribution in [3.8, 4) is 5.75 Å². The molecule has 0 saturated heterocycles. The molecule has 0 aliphatic rings. The lowest BCUT2D eigenvalue weighted by Crippen LogP contribution is -2.29. The molecule has 0 aliphatic heterocycles. The molecule has 0 radical (unpaired) electrons. The average Bonchev–Trinajstić information content (AvgIpc) is 2.26. The summed E-state index contributed by atoms with van der Waals surface area (Å²) in [5.41, 5.74) is 0.262. The Labute approximate surface area is 103 Å². The third kappa shape index (κ3) is 3.96. The van der Waals surface area contributed by atoms with Crippen LogP contribution in [0.1, 0.15) is 17.3 Å². The first-order valence-corrected chi connectivity index (χ1v) is 5.34. The molecule has 0 bridgehead atoms. The molecule has 17 heavy (non-hydrogen) atoms. The molecule has 5 nitrogen and oxygen atoms in total. The predicted octanol–water partition coefficient (Wildman–Crippen LogP) is 1.55. The number of benzene rings is 1. The second-order valence-corrected chi connectivity index (χ2v) is 3.59. The molecular weight excluding hydrogens is 246 g/mol. The van der Waals surface area contributed by atoms with Gasteiger partial charge in [0.1, 0.15) is 12.3 Å². The van der Waals surface area contributed by atoms with Gasteiger partial charge in [-0.3, -0.25) is 9.59 Å². The van der Waals surface area contributed by atoms with Gasteiger partial charge in [-0.1, -0.05) is 11.6 Å². The molecule has 0 heterocycles. The van der Waals surface area contributed by atoms with E-state index in [2.05, 4.69) is 5.32 Å². The third-order valence-electron chi connectivity index (χ3n) is 1.89. The lowest BCUT2D eigenvalue weighted by atomic mass is 10.2. The highest BCUT2D eigenvalue weighted by molar-refractivity contribution is 6.30. The van der Waals surface area contributed by atoms with Crippen molar-refractivity contribution in [2.75, 3.05) is 13.2 Å². The molecule has 92 valence electrons. The van der Waals surface area contributed by atoms with E-state index in [1.807, 2.05) is 0 Å². The van der Waals surface area contributed by atoms with Crippen molar-refractivity contribution in [1.29, 1.82) is 0 Å². The average molecular weight is 258 g/mol. The largest absolute Gasteiger partial charge is 0.493 e. The van der Waals surface area contributed by atoms with Gasteiger partial charge >= 0.3 is 5.97 Å². The van der Waals surface area contributed by atoms with Crippen LogP contribution in [0.4, 0.5) is 0 Å². The van der Waals surface area contributed by atoms with E-state index in [-0.39, 0.29) is 5.56 Å². The predicted molar refractivity (Wildman–Crippen MR) is 62.6 cm³/mol. The number of hydrogen-bond acceptors (Lipinski definition) is 3. The number of aliphatic carboxylic acids is 1. The Bertz CT molecular complexity index is 433. The fourth-order valence-corrected chi connectivity index (χ4v) is 1.37. The summed E-state index contributed by atoms with van der Waals surface area (Å²) in [6.45, 7) is 1.73. The zero-order chi connectivity index (χ0) is 12.8. The van der Waals surface area contributed by atoms with Crippen molar-refractivity contribution < 1.29 is 19.4 Å². The molecule has 0 saturated carbocycles. The van der Waals surface area contributed by atoms with Crippen LogP contribution in [0.3, 0.4) is 0 Å². The number of rotatable bonds is 5. The van der Waals surface area contributed by atoms with Crippen molar-refractivity contribution in [1.82, 2.24) is 5.32 Å². The molecule has 1 aromatic carbocycles. The van der Waals surface area contributed by atoms with Gasteiger partial charge in [0, 0.05) is 5.02 Å². The van der Waals surface area contributed by atoms with Crippen LogP contribution in [0.25, 0.3) is 0 Å². The molecule has 0 spiro atoms. The van der Waals surface area contributed by atoms with E-state index in [1.54, 1.807) is 13.0 Å². The Morgan fingerprint density at radius 2 is 2.18 bits per heavy atom. The molecule has 0 fully saturated rings. The first-order chi connectivity index (χ1) is 8.04. The molecule has 1 amide bonds. The molecule has 0 atom stereocenters. The summed E-state index contributed by atoms with van der Waals surface area (Å²) in [5.74, 6) is -1.28. The molecule has 0 unspecified atom stereocenters. The molecule has 2 N–H and O–H groups in total. The number of halogens is 1. The van der Waals surface area contributed by atoms with Gasteiger partial charge < -0.3 is 15.2 Å². The first kappa shape index (κ1) is 13.3. The number of amides is 1. The highest BCUT2D eigenvalue weighted by Gasteiger charge is 2.13. The van der Waals surface area contributed by atoms with E-state index in [0.717, 1.165) is 0 Å². The highest BCUT2D eigenvalue weighted by atomic mass is 35.5. The summed E-state index contributed by atoms with van der Waals surface area (Å²) in [6.07, 6.45) is 0. The number of hydrogen-bond donors (Lipinski definition) is 2. The maximum Gasteiger partial charge on any atom is 0.322 e. The molecule has 1 aromatic rings. The fourth-order valence-electron chi connectivity index (χ4n) is 1.21. The summed E-state index contributed by atoms with van der Waals surface area (Å²) in [4.78, 5) is 22.0. The van der Waals surface area contributed by atoms with Gasteiger partial charge in [-0.15, -0.1) is 0 Å². The highest BCUT2D eigenvalue weighted by Crippen LogP contribution is 2.23. The summed E-state index contributed by atoms with van der Waals surface area (Å²) in [7, 11) is 0. The van der Waals surface area contributed by atoms with Crippen molar-refractivity contribution in [2.45, 2.75) is 6.92 Å². The minimum Gasteiger partial charge on any atom is -0.493 e. The first-order valence-electron chi connectivity index (χ1n) is 4.97. The summed E-state index contributed by atoms with van der Waals surface area (Å²) < 4.78 is 5.25. The zero-order valence-electron chi connectivity index (χ0n) is 9.20. The molecule has 6 heteroatoms.